The lowest BCUT2D eigenvalue weighted by Gasteiger charge is -2.24. The number of aryl methyl sites for hydroxylation is 1. The number of rotatable bonds is 1. The number of fused-ring (bicyclic) bond motifs is 2. The van der Waals surface area contributed by atoms with Crippen molar-refractivity contribution in [2.45, 2.75) is 57.3 Å². The molecule has 0 saturated heterocycles. The van der Waals surface area contributed by atoms with Crippen LogP contribution in [-0.2, 0) is 6.42 Å². The maximum absolute atomic E-state index is 12.1. The summed E-state index contributed by atoms with van der Waals surface area (Å²) in [6.07, 6.45) is 9.59. The Labute approximate surface area is 126 Å². The lowest BCUT2D eigenvalue weighted by atomic mass is 9.80. The second kappa shape index (κ2) is 5.29. The first kappa shape index (κ1) is 13.1. The zero-order valence-corrected chi connectivity index (χ0v) is 12.5. The molecule has 108 valence electrons. The van der Waals surface area contributed by atoms with Gasteiger partial charge >= 0.3 is 0 Å². The van der Waals surface area contributed by atoms with E-state index in [0.29, 0.717) is 5.78 Å². The molecule has 0 N–H and O–H groups in total. The fourth-order valence-electron chi connectivity index (χ4n) is 4.20. The zero-order valence-electron chi connectivity index (χ0n) is 12.5. The van der Waals surface area contributed by atoms with Crippen molar-refractivity contribution in [3.05, 3.63) is 47.0 Å². The Morgan fingerprint density at radius 2 is 1.76 bits per heavy atom. The normalized spacial score (nSPS) is 19.7. The van der Waals surface area contributed by atoms with Gasteiger partial charge in [-0.2, -0.15) is 0 Å². The van der Waals surface area contributed by atoms with E-state index in [9.17, 15) is 4.79 Å². The molecule has 0 spiro atoms. The minimum Gasteiger partial charge on any atom is -0.294 e. The fraction of sp³-hybridized carbons (Fsp3) is 0.450. The number of Topliss-reactive ketones (excluding diaryl/α,β-unsaturated/α-hetero) is 1. The third-order valence-corrected chi connectivity index (χ3v) is 5.33. The van der Waals surface area contributed by atoms with E-state index in [1.807, 2.05) is 0 Å². The number of hydrogen-bond donors (Lipinski definition) is 0. The molecule has 2 aliphatic carbocycles. The quantitative estimate of drug-likeness (QED) is 0.682. The van der Waals surface area contributed by atoms with Crippen LogP contribution in [0.4, 0.5) is 0 Å². The van der Waals surface area contributed by atoms with E-state index in [4.69, 9.17) is 0 Å². The van der Waals surface area contributed by atoms with Crippen molar-refractivity contribution in [1.82, 2.24) is 0 Å². The van der Waals surface area contributed by atoms with Crippen LogP contribution in [0, 0.1) is 0 Å². The van der Waals surface area contributed by atoms with E-state index in [1.165, 1.54) is 54.0 Å². The lowest BCUT2D eigenvalue weighted by Crippen LogP contribution is -2.11. The van der Waals surface area contributed by atoms with Crippen molar-refractivity contribution >= 4 is 16.6 Å². The Morgan fingerprint density at radius 1 is 0.905 bits per heavy atom. The molecule has 2 aromatic carbocycles. The smallest absolute Gasteiger partial charge is 0.163 e. The molecule has 0 aliphatic heterocycles. The molecule has 1 nitrogen and oxygen atoms in total. The minimum absolute atomic E-state index is 0.334. The number of ketones is 1. The van der Waals surface area contributed by atoms with Gasteiger partial charge in [-0.05, 0) is 59.6 Å². The van der Waals surface area contributed by atoms with E-state index in [0.717, 1.165) is 30.7 Å². The van der Waals surface area contributed by atoms with Gasteiger partial charge in [-0.15, -0.1) is 0 Å². The van der Waals surface area contributed by atoms with Crippen molar-refractivity contribution in [2.24, 2.45) is 0 Å². The van der Waals surface area contributed by atoms with E-state index in [1.54, 1.807) is 0 Å². The van der Waals surface area contributed by atoms with Crippen molar-refractivity contribution in [1.29, 1.82) is 0 Å². The summed E-state index contributed by atoms with van der Waals surface area (Å²) in [6, 6.07) is 11.1. The van der Waals surface area contributed by atoms with Crippen LogP contribution < -0.4 is 0 Å². The van der Waals surface area contributed by atoms with Gasteiger partial charge in [0.25, 0.3) is 0 Å². The largest absolute Gasteiger partial charge is 0.294 e. The molecule has 1 saturated carbocycles. The third-order valence-electron chi connectivity index (χ3n) is 5.33. The van der Waals surface area contributed by atoms with Crippen LogP contribution in [0.15, 0.2) is 30.3 Å². The summed E-state index contributed by atoms with van der Waals surface area (Å²) in [7, 11) is 0. The molecule has 0 radical (unpaired) electrons. The maximum Gasteiger partial charge on any atom is 0.163 e. The minimum atomic E-state index is 0.334. The highest BCUT2D eigenvalue weighted by Gasteiger charge is 2.21. The molecule has 0 atom stereocenters. The first-order valence-corrected chi connectivity index (χ1v) is 8.42. The topological polar surface area (TPSA) is 17.1 Å². The number of hydrogen-bond acceptors (Lipinski definition) is 1. The molecular formula is C20H22O. The number of benzene rings is 2. The van der Waals surface area contributed by atoms with Crippen LogP contribution in [-0.4, -0.2) is 5.78 Å². The molecule has 2 aliphatic rings. The first-order chi connectivity index (χ1) is 10.3. The van der Waals surface area contributed by atoms with Gasteiger partial charge in [-0.3, -0.25) is 4.79 Å². The molecule has 0 amide bonds. The Morgan fingerprint density at radius 3 is 2.62 bits per heavy atom. The van der Waals surface area contributed by atoms with Crippen molar-refractivity contribution < 1.29 is 4.79 Å². The molecule has 0 aromatic heterocycles. The summed E-state index contributed by atoms with van der Waals surface area (Å²) in [5.74, 6) is 1.06. The Balaban J connectivity index is 1.86. The lowest BCUT2D eigenvalue weighted by molar-refractivity contribution is 0.0972. The molecule has 0 unspecified atom stereocenters. The van der Waals surface area contributed by atoms with Crippen LogP contribution >= 0.6 is 0 Å². The molecule has 1 fully saturated rings. The van der Waals surface area contributed by atoms with E-state index >= 15 is 0 Å². The summed E-state index contributed by atoms with van der Waals surface area (Å²) in [4.78, 5) is 12.1. The van der Waals surface area contributed by atoms with Crippen molar-refractivity contribution in [2.75, 3.05) is 0 Å². The highest BCUT2D eigenvalue weighted by Crippen LogP contribution is 2.37. The van der Waals surface area contributed by atoms with Gasteiger partial charge in [-0.1, -0.05) is 43.5 Å². The van der Waals surface area contributed by atoms with Crippen LogP contribution in [0.3, 0.4) is 0 Å². The predicted octanol–water partition coefficient (Wildman–Crippen LogP) is 5.41. The second-order valence-corrected chi connectivity index (χ2v) is 6.69. The number of carbonyl (C=O) groups excluding carboxylic acids is 1. The van der Waals surface area contributed by atoms with E-state index < -0.39 is 0 Å². The molecule has 4 rings (SSSR count). The summed E-state index contributed by atoms with van der Waals surface area (Å²) < 4.78 is 0. The monoisotopic (exact) mass is 278 g/mol. The van der Waals surface area contributed by atoms with Gasteiger partial charge in [0, 0.05) is 12.0 Å². The summed E-state index contributed by atoms with van der Waals surface area (Å²) in [5.41, 5.74) is 3.78. The highest BCUT2D eigenvalue weighted by molar-refractivity contribution is 6.03. The standard InChI is InChI=1S/C20H22O/c21-20-11-5-9-16-12-18-15(13-19(16)20)8-4-10-17(18)14-6-2-1-3-7-14/h4,8,10,12-14H,1-3,5-7,9,11H2. The molecule has 1 heteroatoms. The van der Waals surface area contributed by atoms with Crippen LogP contribution in [0.25, 0.3) is 10.8 Å². The van der Waals surface area contributed by atoms with Gasteiger partial charge in [0.1, 0.15) is 0 Å². The zero-order chi connectivity index (χ0) is 14.2. The number of carbonyl (C=O) groups is 1. The van der Waals surface area contributed by atoms with Crippen molar-refractivity contribution in [3.63, 3.8) is 0 Å². The van der Waals surface area contributed by atoms with E-state index in [2.05, 4.69) is 30.3 Å². The molecular weight excluding hydrogens is 256 g/mol. The summed E-state index contributed by atoms with van der Waals surface area (Å²) in [5, 5.41) is 2.66. The van der Waals surface area contributed by atoms with Crippen LogP contribution in [0.1, 0.15) is 72.3 Å². The van der Waals surface area contributed by atoms with Gasteiger partial charge in [0.2, 0.25) is 0 Å². The average molecular weight is 278 g/mol. The predicted molar refractivity (Wildman–Crippen MR) is 87.0 cm³/mol. The summed E-state index contributed by atoms with van der Waals surface area (Å²) in [6.45, 7) is 0. The first-order valence-electron chi connectivity index (χ1n) is 8.42. The van der Waals surface area contributed by atoms with Crippen LogP contribution in [0.5, 0.6) is 0 Å². The fourth-order valence-corrected chi connectivity index (χ4v) is 4.20. The SMILES string of the molecule is O=C1CCCc2cc3c(C4CCCCC4)cccc3cc21. The van der Waals surface area contributed by atoms with E-state index in [-0.39, 0.29) is 0 Å². The van der Waals surface area contributed by atoms with Crippen molar-refractivity contribution in [3.8, 4) is 0 Å². The second-order valence-electron chi connectivity index (χ2n) is 6.69. The van der Waals surface area contributed by atoms with Gasteiger partial charge in [-0.25, -0.2) is 0 Å². The molecule has 21 heavy (non-hydrogen) atoms. The Hall–Kier alpha value is -1.63. The molecule has 2 aromatic rings. The highest BCUT2D eigenvalue weighted by atomic mass is 16.1. The summed E-state index contributed by atoms with van der Waals surface area (Å²) >= 11 is 0. The Bertz CT molecular complexity index is 692. The van der Waals surface area contributed by atoms with Crippen LogP contribution in [0.2, 0.25) is 0 Å². The average Bonchev–Trinajstić information content (AvgIpc) is 2.54. The maximum atomic E-state index is 12.1. The molecule has 0 heterocycles. The molecule has 0 bridgehead atoms. The Kier molecular flexibility index (Phi) is 3.29. The van der Waals surface area contributed by atoms with Gasteiger partial charge in [0.15, 0.2) is 5.78 Å². The van der Waals surface area contributed by atoms with Gasteiger partial charge in [0.05, 0.1) is 0 Å². The van der Waals surface area contributed by atoms with Gasteiger partial charge < -0.3 is 0 Å². The third kappa shape index (κ3) is 2.29.